The quantitative estimate of drug-likeness (QED) is 0.205. The summed E-state index contributed by atoms with van der Waals surface area (Å²) in [6, 6.07) is 21.4. The van der Waals surface area contributed by atoms with E-state index >= 15 is 0 Å². The topological polar surface area (TPSA) is 44.9 Å². The van der Waals surface area contributed by atoms with Gasteiger partial charge in [0.25, 0.3) is 5.91 Å². The summed E-state index contributed by atoms with van der Waals surface area (Å²) in [6.45, 7) is 0.516. The molecular formula is C23H17BrCl2N2OS. The Bertz CT molecular complexity index is 1210. The summed E-state index contributed by atoms with van der Waals surface area (Å²) < 4.78 is 1.04. The van der Waals surface area contributed by atoms with Gasteiger partial charge in [0.2, 0.25) is 0 Å². The van der Waals surface area contributed by atoms with E-state index in [1.54, 1.807) is 30.0 Å². The van der Waals surface area contributed by atoms with Crippen LogP contribution < -0.4 is 5.32 Å². The fourth-order valence-corrected chi connectivity index (χ4v) is 4.99. The van der Waals surface area contributed by atoms with E-state index in [9.17, 15) is 4.79 Å². The summed E-state index contributed by atoms with van der Waals surface area (Å²) in [5, 5.41) is 4.96. The third-order valence-electron chi connectivity index (χ3n) is 4.60. The number of carbonyl (C=O) groups is 1. The van der Waals surface area contributed by atoms with E-state index in [-0.39, 0.29) is 5.91 Å². The van der Waals surface area contributed by atoms with E-state index in [1.165, 1.54) is 10.3 Å². The molecule has 4 aromatic rings. The van der Waals surface area contributed by atoms with Crippen molar-refractivity contribution in [2.24, 2.45) is 0 Å². The monoisotopic (exact) mass is 518 g/mol. The first-order valence-corrected chi connectivity index (χ1v) is 11.8. The van der Waals surface area contributed by atoms with Crippen LogP contribution >= 0.6 is 50.9 Å². The van der Waals surface area contributed by atoms with Crippen molar-refractivity contribution in [2.75, 3.05) is 12.3 Å². The number of para-hydroxylation sites is 1. The molecule has 3 nitrogen and oxygen atoms in total. The van der Waals surface area contributed by atoms with Crippen molar-refractivity contribution in [3.05, 3.63) is 86.8 Å². The van der Waals surface area contributed by atoms with E-state index in [0.29, 0.717) is 22.2 Å². The molecule has 0 aliphatic rings. The molecule has 1 amide bonds. The Morgan fingerprint density at radius 3 is 2.57 bits per heavy atom. The minimum atomic E-state index is -0.204. The van der Waals surface area contributed by atoms with Crippen LogP contribution in [0.4, 0.5) is 0 Å². The van der Waals surface area contributed by atoms with Gasteiger partial charge >= 0.3 is 0 Å². The second-order valence-corrected chi connectivity index (χ2v) is 9.47. The van der Waals surface area contributed by atoms with Gasteiger partial charge < -0.3 is 10.3 Å². The Balaban J connectivity index is 1.49. The van der Waals surface area contributed by atoms with Gasteiger partial charge in [0.1, 0.15) is 0 Å². The Morgan fingerprint density at radius 2 is 1.80 bits per heavy atom. The highest BCUT2D eigenvalue weighted by atomic mass is 79.9. The van der Waals surface area contributed by atoms with Crippen molar-refractivity contribution in [1.82, 2.24) is 10.3 Å². The predicted molar refractivity (Wildman–Crippen MR) is 131 cm³/mol. The van der Waals surface area contributed by atoms with Crippen LogP contribution in [0.1, 0.15) is 10.4 Å². The number of aromatic nitrogens is 1. The Labute approximate surface area is 197 Å². The number of aromatic amines is 1. The Kier molecular flexibility index (Phi) is 6.74. The molecule has 0 unspecified atom stereocenters. The maximum absolute atomic E-state index is 12.4. The minimum Gasteiger partial charge on any atom is -0.354 e. The SMILES string of the molecule is O=C(NCCSc1c(-c2ccc(Br)cc2)[nH]c2ccccc12)c1ccc(Cl)cc1Cl. The van der Waals surface area contributed by atoms with Crippen LogP contribution in [0, 0.1) is 0 Å². The van der Waals surface area contributed by atoms with Crippen LogP contribution in [0.15, 0.2) is 76.1 Å². The third-order valence-corrected chi connectivity index (χ3v) is 6.80. The van der Waals surface area contributed by atoms with Crippen LogP contribution in [0.3, 0.4) is 0 Å². The molecule has 0 fully saturated rings. The maximum atomic E-state index is 12.4. The number of benzene rings is 3. The average Bonchev–Trinajstić information content (AvgIpc) is 3.10. The summed E-state index contributed by atoms with van der Waals surface area (Å²) >= 11 is 17.2. The molecule has 3 aromatic carbocycles. The molecule has 0 saturated carbocycles. The zero-order valence-corrected chi connectivity index (χ0v) is 19.6. The van der Waals surface area contributed by atoms with Crippen LogP contribution in [0.5, 0.6) is 0 Å². The zero-order valence-electron chi connectivity index (χ0n) is 15.7. The normalized spacial score (nSPS) is 11.0. The number of amides is 1. The van der Waals surface area contributed by atoms with Crippen LogP contribution in [-0.2, 0) is 0 Å². The number of halogens is 3. The molecule has 30 heavy (non-hydrogen) atoms. The predicted octanol–water partition coefficient (Wildman–Crippen LogP) is 7.43. The van der Waals surface area contributed by atoms with Crippen molar-refractivity contribution in [2.45, 2.75) is 4.90 Å². The number of thioether (sulfide) groups is 1. The number of carbonyl (C=O) groups excluding carboxylic acids is 1. The summed E-state index contributed by atoms with van der Waals surface area (Å²) in [5.41, 5.74) is 3.72. The van der Waals surface area contributed by atoms with Crippen molar-refractivity contribution < 1.29 is 4.79 Å². The van der Waals surface area contributed by atoms with E-state index in [1.807, 2.05) is 24.3 Å². The Hall–Kier alpha value is -1.92. The molecule has 0 atom stereocenters. The van der Waals surface area contributed by atoms with Crippen LogP contribution in [0.25, 0.3) is 22.2 Å². The lowest BCUT2D eigenvalue weighted by Gasteiger charge is -2.08. The summed E-state index contributed by atoms with van der Waals surface area (Å²) in [5.74, 6) is 0.520. The highest BCUT2D eigenvalue weighted by molar-refractivity contribution is 9.10. The minimum absolute atomic E-state index is 0.204. The van der Waals surface area contributed by atoms with E-state index in [4.69, 9.17) is 23.2 Å². The molecule has 0 aliphatic heterocycles. The number of nitrogens with one attached hydrogen (secondary N) is 2. The second-order valence-electron chi connectivity index (χ2n) is 6.61. The fraction of sp³-hybridized carbons (Fsp3) is 0.0870. The smallest absolute Gasteiger partial charge is 0.252 e. The lowest BCUT2D eigenvalue weighted by Crippen LogP contribution is -2.25. The first-order valence-electron chi connectivity index (χ1n) is 9.25. The zero-order chi connectivity index (χ0) is 21.1. The van der Waals surface area contributed by atoms with Crippen molar-refractivity contribution in [1.29, 1.82) is 0 Å². The summed E-state index contributed by atoms with van der Waals surface area (Å²) in [6.07, 6.45) is 0. The van der Waals surface area contributed by atoms with E-state index < -0.39 is 0 Å². The average molecular weight is 520 g/mol. The van der Waals surface area contributed by atoms with Gasteiger partial charge in [-0.3, -0.25) is 4.79 Å². The number of hydrogen-bond acceptors (Lipinski definition) is 2. The molecule has 1 heterocycles. The van der Waals surface area contributed by atoms with Gasteiger partial charge in [0.15, 0.2) is 0 Å². The van der Waals surface area contributed by atoms with Crippen LogP contribution in [0.2, 0.25) is 10.0 Å². The first kappa shape index (κ1) is 21.3. The van der Waals surface area contributed by atoms with Gasteiger partial charge in [-0.15, -0.1) is 11.8 Å². The van der Waals surface area contributed by atoms with Gasteiger partial charge in [-0.25, -0.2) is 0 Å². The van der Waals surface area contributed by atoms with Crippen molar-refractivity contribution >= 4 is 67.7 Å². The molecule has 152 valence electrons. The maximum Gasteiger partial charge on any atom is 0.252 e. The second kappa shape index (κ2) is 9.48. The third kappa shape index (κ3) is 4.70. The van der Waals surface area contributed by atoms with Gasteiger partial charge in [-0.2, -0.15) is 0 Å². The lowest BCUT2D eigenvalue weighted by atomic mass is 10.1. The largest absolute Gasteiger partial charge is 0.354 e. The molecule has 0 spiro atoms. The highest BCUT2D eigenvalue weighted by Gasteiger charge is 2.14. The molecule has 4 rings (SSSR count). The van der Waals surface area contributed by atoms with Gasteiger partial charge in [0, 0.05) is 37.6 Å². The standard InChI is InChI=1S/C23H17BrCl2N2OS/c24-15-7-5-14(6-8-15)21-22(18-3-1-2-4-20(18)28-21)30-12-11-27-23(29)17-10-9-16(25)13-19(17)26/h1-10,13,28H,11-12H2,(H,27,29). The molecule has 1 aromatic heterocycles. The molecule has 2 N–H and O–H groups in total. The van der Waals surface area contributed by atoms with Gasteiger partial charge in [-0.1, -0.05) is 69.5 Å². The summed E-state index contributed by atoms with van der Waals surface area (Å²) in [4.78, 5) is 17.1. The lowest BCUT2D eigenvalue weighted by molar-refractivity contribution is 0.0956. The van der Waals surface area contributed by atoms with Crippen molar-refractivity contribution in [3.8, 4) is 11.3 Å². The number of H-pyrrole nitrogens is 1. The number of hydrogen-bond donors (Lipinski definition) is 2. The fourth-order valence-electron chi connectivity index (χ4n) is 3.17. The van der Waals surface area contributed by atoms with E-state index in [0.717, 1.165) is 27.0 Å². The van der Waals surface area contributed by atoms with Gasteiger partial charge in [0.05, 0.1) is 16.3 Å². The molecule has 7 heteroatoms. The molecular weight excluding hydrogens is 503 g/mol. The molecule has 0 radical (unpaired) electrons. The van der Waals surface area contributed by atoms with Crippen LogP contribution in [-0.4, -0.2) is 23.2 Å². The van der Waals surface area contributed by atoms with Crippen molar-refractivity contribution in [3.63, 3.8) is 0 Å². The number of rotatable bonds is 6. The highest BCUT2D eigenvalue weighted by Crippen LogP contribution is 2.37. The van der Waals surface area contributed by atoms with Gasteiger partial charge in [-0.05, 0) is 42.0 Å². The Morgan fingerprint density at radius 1 is 1.03 bits per heavy atom. The first-order chi connectivity index (χ1) is 14.5. The summed E-state index contributed by atoms with van der Waals surface area (Å²) in [7, 11) is 0. The molecule has 0 bridgehead atoms. The van der Waals surface area contributed by atoms with E-state index in [2.05, 4.69) is 50.5 Å². The molecule has 0 aliphatic carbocycles. The number of fused-ring (bicyclic) bond motifs is 1. The molecule has 0 saturated heterocycles.